The van der Waals surface area contributed by atoms with Gasteiger partial charge in [-0.05, 0) is 87.9 Å². The van der Waals surface area contributed by atoms with E-state index < -0.39 is 0 Å². The van der Waals surface area contributed by atoms with Gasteiger partial charge in [-0.25, -0.2) is 0 Å². The lowest BCUT2D eigenvalue weighted by molar-refractivity contribution is 0.0284. The molecule has 0 unspecified atom stereocenters. The van der Waals surface area contributed by atoms with Crippen LogP contribution in [0.1, 0.15) is 55.5 Å². The van der Waals surface area contributed by atoms with Crippen LogP contribution in [0.4, 0.5) is 0 Å². The zero-order valence-electron chi connectivity index (χ0n) is 18.2. The van der Waals surface area contributed by atoms with Gasteiger partial charge >= 0.3 is 0 Å². The molecular formula is C25H33N3O2. The molecule has 5 heteroatoms. The van der Waals surface area contributed by atoms with Gasteiger partial charge in [0.15, 0.2) is 0 Å². The first-order valence-corrected chi connectivity index (χ1v) is 11.2. The molecule has 0 radical (unpaired) electrons. The third-order valence-corrected chi connectivity index (χ3v) is 6.61. The van der Waals surface area contributed by atoms with Crippen LogP contribution in [-0.4, -0.2) is 53.0 Å². The standard InChI is InChI=1S/C25H33N3O2/c1-20(2)30-23-7-3-6-22(17-23)24(29)28-15-10-25(11-16-28)8-13-27(14-9-25)19-21-5-4-12-26-18-21/h3-7,12,17-18,20H,8-11,13-16,19H2,1-2H3. The molecule has 2 saturated heterocycles. The van der Waals surface area contributed by atoms with Crippen molar-refractivity contribution in [1.82, 2.24) is 14.8 Å². The van der Waals surface area contributed by atoms with Crippen molar-refractivity contribution in [2.75, 3.05) is 26.2 Å². The van der Waals surface area contributed by atoms with E-state index in [0.717, 1.165) is 56.9 Å². The number of hydrogen-bond donors (Lipinski definition) is 0. The van der Waals surface area contributed by atoms with Crippen molar-refractivity contribution in [3.8, 4) is 5.75 Å². The summed E-state index contributed by atoms with van der Waals surface area (Å²) in [6.45, 7) is 8.98. The Balaban J connectivity index is 1.29. The van der Waals surface area contributed by atoms with E-state index in [4.69, 9.17) is 4.74 Å². The van der Waals surface area contributed by atoms with Gasteiger partial charge in [-0.1, -0.05) is 12.1 Å². The second kappa shape index (κ2) is 9.17. The largest absolute Gasteiger partial charge is 0.491 e. The van der Waals surface area contributed by atoms with Gasteiger partial charge in [0.1, 0.15) is 5.75 Å². The molecule has 2 aliphatic heterocycles. The van der Waals surface area contributed by atoms with Crippen LogP contribution in [0.15, 0.2) is 48.8 Å². The lowest BCUT2D eigenvalue weighted by Crippen LogP contribution is -2.48. The van der Waals surface area contributed by atoms with Crippen LogP contribution in [0.2, 0.25) is 0 Å². The lowest BCUT2D eigenvalue weighted by atomic mass is 9.71. The van der Waals surface area contributed by atoms with Crippen molar-refractivity contribution in [2.24, 2.45) is 5.41 Å². The van der Waals surface area contributed by atoms with E-state index in [1.807, 2.05) is 61.5 Å². The number of ether oxygens (including phenoxy) is 1. The minimum atomic E-state index is 0.106. The second-order valence-corrected chi connectivity index (χ2v) is 9.12. The molecule has 0 saturated carbocycles. The first kappa shape index (κ1) is 20.9. The van der Waals surface area contributed by atoms with E-state index in [1.54, 1.807) is 0 Å². The summed E-state index contributed by atoms with van der Waals surface area (Å²) in [5, 5.41) is 0. The molecule has 5 nitrogen and oxygen atoms in total. The minimum Gasteiger partial charge on any atom is -0.491 e. The highest BCUT2D eigenvalue weighted by atomic mass is 16.5. The number of aromatic nitrogens is 1. The number of hydrogen-bond acceptors (Lipinski definition) is 4. The second-order valence-electron chi connectivity index (χ2n) is 9.12. The summed E-state index contributed by atoms with van der Waals surface area (Å²) in [5.41, 5.74) is 2.43. The van der Waals surface area contributed by atoms with Crippen molar-refractivity contribution in [2.45, 2.75) is 52.2 Å². The summed E-state index contributed by atoms with van der Waals surface area (Å²) < 4.78 is 5.76. The van der Waals surface area contributed by atoms with E-state index in [9.17, 15) is 4.79 Å². The van der Waals surface area contributed by atoms with E-state index >= 15 is 0 Å². The predicted molar refractivity (Wildman–Crippen MR) is 119 cm³/mol. The molecule has 4 rings (SSSR count). The SMILES string of the molecule is CC(C)Oc1cccc(C(=O)N2CCC3(CCN(Cc4cccnc4)CC3)CC2)c1. The number of benzene rings is 1. The maximum absolute atomic E-state index is 13.0. The zero-order chi connectivity index (χ0) is 21.0. The van der Waals surface area contributed by atoms with Crippen molar-refractivity contribution in [3.05, 3.63) is 59.9 Å². The molecule has 1 aromatic heterocycles. The van der Waals surface area contributed by atoms with Crippen molar-refractivity contribution >= 4 is 5.91 Å². The van der Waals surface area contributed by atoms with Gasteiger partial charge in [-0.2, -0.15) is 0 Å². The number of likely N-dealkylation sites (tertiary alicyclic amines) is 2. The molecule has 30 heavy (non-hydrogen) atoms. The molecule has 160 valence electrons. The fraction of sp³-hybridized carbons (Fsp3) is 0.520. The molecular weight excluding hydrogens is 374 g/mol. The monoisotopic (exact) mass is 407 g/mol. The highest BCUT2D eigenvalue weighted by Crippen LogP contribution is 2.41. The van der Waals surface area contributed by atoms with E-state index in [-0.39, 0.29) is 12.0 Å². The molecule has 1 amide bonds. The lowest BCUT2D eigenvalue weighted by Gasteiger charge is -2.47. The highest BCUT2D eigenvalue weighted by Gasteiger charge is 2.38. The molecule has 1 spiro atoms. The number of nitrogens with zero attached hydrogens (tertiary/aromatic N) is 3. The fourth-order valence-corrected chi connectivity index (χ4v) is 4.78. The Morgan fingerprint density at radius 1 is 1.07 bits per heavy atom. The number of carbonyl (C=O) groups is 1. The summed E-state index contributed by atoms with van der Waals surface area (Å²) in [5.74, 6) is 0.901. The predicted octanol–water partition coefficient (Wildman–Crippen LogP) is 4.39. The summed E-state index contributed by atoms with van der Waals surface area (Å²) in [6, 6.07) is 11.8. The van der Waals surface area contributed by atoms with Crippen molar-refractivity contribution < 1.29 is 9.53 Å². The van der Waals surface area contributed by atoms with Gasteiger partial charge in [0.05, 0.1) is 6.10 Å². The van der Waals surface area contributed by atoms with E-state index in [0.29, 0.717) is 5.41 Å². The van der Waals surface area contributed by atoms with E-state index in [1.165, 1.54) is 18.4 Å². The van der Waals surface area contributed by atoms with Crippen LogP contribution in [0.25, 0.3) is 0 Å². The summed E-state index contributed by atoms with van der Waals surface area (Å²) >= 11 is 0. The average Bonchev–Trinajstić information content (AvgIpc) is 2.76. The molecule has 2 aliphatic rings. The quantitative estimate of drug-likeness (QED) is 0.738. The van der Waals surface area contributed by atoms with Crippen molar-refractivity contribution in [1.29, 1.82) is 0 Å². The molecule has 0 atom stereocenters. The van der Waals surface area contributed by atoms with Gasteiger partial charge < -0.3 is 9.64 Å². The Bertz CT molecular complexity index is 834. The summed E-state index contributed by atoms with van der Waals surface area (Å²) in [7, 11) is 0. The van der Waals surface area contributed by atoms with E-state index in [2.05, 4.69) is 16.0 Å². The Kier molecular flexibility index (Phi) is 6.38. The van der Waals surface area contributed by atoms with Gasteiger partial charge in [0, 0.05) is 37.6 Å². The number of amides is 1. The van der Waals surface area contributed by atoms with Gasteiger partial charge in [-0.15, -0.1) is 0 Å². The fourth-order valence-electron chi connectivity index (χ4n) is 4.78. The van der Waals surface area contributed by atoms with Crippen LogP contribution < -0.4 is 4.74 Å². The first-order chi connectivity index (χ1) is 14.5. The Hall–Kier alpha value is -2.40. The van der Waals surface area contributed by atoms with Gasteiger partial charge in [-0.3, -0.25) is 14.7 Å². The van der Waals surface area contributed by atoms with Gasteiger partial charge in [0.2, 0.25) is 0 Å². The number of rotatable bonds is 5. The summed E-state index contributed by atoms with van der Waals surface area (Å²) in [6.07, 6.45) is 8.59. The molecule has 0 bridgehead atoms. The maximum atomic E-state index is 13.0. The van der Waals surface area contributed by atoms with Crippen LogP contribution in [-0.2, 0) is 6.54 Å². The molecule has 0 N–H and O–H groups in total. The zero-order valence-corrected chi connectivity index (χ0v) is 18.2. The van der Waals surface area contributed by atoms with Crippen LogP contribution in [0.5, 0.6) is 5.75 Å². The molecule has 2 fully saturated rings. The smallest absolute Gasteiger partial charge is 0.253 e. The molecule has 3 heterocycles. The number of pyridine rings is 1. The third-order valence-electron chi connectivity index (χ3n) is 6.61. The number of piperidine rings is 2. The highest BCUT2D eigenvalue weighted by molar-refractivity contribution is 5.94. The Labute approximate surface area is 180 Å². The normalized spacial score (nSPS) is 19.2. The summed E-state index contributed by atoms with van der Waals surface area (Å²) in [4.78, 5) is 21.8. The Morgan fingerprint density at radius 2 is 1.80 bits per heavy atom. The number of carbonyl (C=O) groups excluding carboxylic acids is 1. The third kappa shape index (κ3) is 5.01. The topological polar surface area (TPSA) is 45.7 Å². The van der Waals surface area contributed by atoms with Crippen LogP contribution in [0.3, 0.4) is 0 Å². The van der Waals surface area contributed by atoms with Crippen LogP contribution >= 0.6 is 0 Å². The average molecular weight is 408 g/mol. The van der Waals surface area contributed by atoms with Gasteiger partial charge in [0.25, 0.3) is 5.91 Å². The molecule has 1 aromatic carbocycles. The Morgan fingerprint density at radius 3 is 2.47 bits per heavy atom. The van der Waals surface area contributed by atoms with Crippen molar-refractivity contribution in [3.63, 3.8) is 0 Å². The maximum Gasteiger partial charge on any atom is 0.253 e. The molecule has 0 aliphatic carbocycles. The van der Waals surface area contributed by atoms with Crippen LogP contribution in [0, 0.1) is 5.41 Å². The first-order valence-electron chi connectivity index (χ1n) is 11.2. The molecule has 2 aromatic rings. The minimum absolute atomic E-state index is 0.106.